The van der Waals surface area contributed by atoms with Gasteiger partial charge in [-0.05, 0) is 67.1 Å². The quantitative estimate of drug-likeness (QED) is 0.293. The summed E-state index contributed by atoms with van der Waals surface area (Å²) < 4.78 is 11.3. The molecule has 2 aliphatic rings. The minimum Gasteiger partial charge on any atom is -0.507 e. The molecule has 3 aromatic rings. The number of aliphatic hydroxyl groups is 1. The molecule has 2 heterocycles. The summed E-state index contributed by atoms with van der Waals surface area (Å²) in [6, 6.07) is 19.1. The highest BCUT2D eigenvalue weighted by atomic mass is 16.5. The lowest BCUT2D eigenvalue weighted by Crippen LogP contribution is -2.29. The number of carbonyl (C=O) groups excluding carboxylic acids is 2. The molecule has 38 heavy (non-hydrogen) atoms. The van der Waals surface area contributed by atoms with Gasteiger partial charge in [-0.3, -0.25) is 14.5 Å². The van der Waals surface area contributed by atoms with Gasteiger partial charge < -0.3 is 24.4 Å². The average molecular weight is 514 g/mol. The third kappa shape index (κ3) is 4.42. The van der Waals surface area contributed by atoms with Crippen LogP contribution in [0.15, 0.2) is 72.3 Å². The minimum atomic E-state index is -0.811. The average Bonchev–Trinajstić information content (AvgIpc) is 3.19. The van der Waals surface area contributed by atoms with E-state index in [0.717, 1.165) is 11.4 Å². The number of amides is 1. The Morgan fingerprint density at radius 1 is 1.05 bits per heavy atom. The van der Waals surface area contributed by atoms with Gasteiger partial charge in [0.25, 0.3) is 11.7 Å². The number of benzene rings is 3. The lowest BCUT2D eigenvalue weighted by Gasteiger charge is -2.28. The Morgan fingerprint density at radius 3 is 2.42 bits per heavy atom. The molecule has 8 nitrogen and oxygen atoms in total. The van der Waals surface area contributed by atoms with Gasteiger partial charge in [0, 0.05) is 38.1 Å². The van der Waals surface area contributed by atoms with Crippen LogP contribution in [0.3, 0.4) is 0 Å². The number of anilines is 3. The van der Waals surface area contributed by atoms with Crippen LogP contribution in [0.1, 0.15) is 24.1 Å². The van der Waals surface area contributed by atoms with Gasteiger partial charge in [-0.25, -0.2) is 0 Å². The molecule has 1 unspecified atom stereocenters. The van der Waals surface area contributed by atoms with Crippen LogP contribution in [0.2, 0.25) is 0 Å². The minimum absolute atomic E-state index is 0.0424. The molecule has 3 aromatic carbocycles. The number of aliphatic hydroxyl groups excluding tert-OH is 1. The van der Waals surface area contributed by atoms with Crippen molar-refractivity contribution < 1.29 is 24.2 Å². The number of Topliss-reactive ketones (excluding diaryl/α,β-unsaturated/α-hetero) is 1. The fraction of sp³-hybridized carbons (Fsp3) is 0.267. The first-order valence-electron chi connectivity index (χ1n) is 12.6. The molecule has 8 heteroatoms. The lowest BCUT2D eigenvalue weighted by atomic mass is 9.94. The molecule has 5 rings (SSSR count). The monoisotopic (exact) mass is 513 g/mol. The standard InChI is InChI=1S/C30H31N3O5/c1-5-37-23-13-11-22(12-14-23)33-27(19-6-9-21(10-7-19)31(2)3)26(29(35)30(33)36)28(34)20-8-15-25-24(18-20)32(4)16-17-38-25/h6-15,18,27,34H,5,16-17H2,1-4H3/b28-26-. The third-order valence-electron chi connectivity index (χ3n) is 6.92. The smallest absolute Gasteiger partial charge is 0.300 e. The fourth-order valence-electron chi connectivity index (χ4n) is 4.89. The Labute approximate surface area is 222 Å². The maximum atomic E-state index is 13.5. The van der Waals surface area contributed by atoms with Crippen LogP contribution in [-0.4, -0.2) is 57.7 Å². The summed E-state index contributed by atoms with van der Waals surface area (Å²) in [5.74, 6) is -0.280. The largest absolute Gasteiger partial charge is 0.507 e. The second-order valence-electron chi connectivity index (χ2n) is 9.53. The second-order valence-corrected chi connectivity index (χ2v) is 9.53. The zero-order valence-corrected chi connectivity index (χ0v) is 22.0. The van der Waals surface area contributed by atoms with Crippen molar-refractivity contribution in [1.29, 1.82) is 0 Å². The van der Waals surface area contributed by atoms with Crippen LogP contribution in [0, 0.1) is 0 Å². The van der Waals surface area contributed by atoms with E-state index in [-0.39, 0.29) is 11.3 Å². The van der Waals surface area contributed by atoms with E-state index in [1.54, 1.807) is 42.5 Å². The van der Waals surface area contributed by atoms with E-state index in [9.17, 15) is 14.7 Å². The van der Waals surface area contributed by atoms with Crippen molar-refractivity contribution in [2.75, 3.05) is 55.6 Å². The Balaban J connectivity index is 1.65. The van der Waals surface area contributed by atoms with E-state index in [1.165, 1.54) is 4.90 Å². The summed E-state index contributed by atoms with van der Waals surface area (Å²) in [6.45, 7) is 3.69. The van der Waals surface area contributed by atoms with Gasteiger partial charge in [0.2, 0.25) is 0 Å². The number of hydrogen-bond donors (Lipinski definition) is 1. The first kappa shape index (κ1) is 25.2. The number of ether oxygens (including phenoxy) is 2. The molecule has 1 saturated heterocycles. The predicted molar refractivity (Wildman–Crippen MR) is 148 cm³/mol. The van der Waals surface area contributed by atoms with Crippen molar-refractivity contribution in [2.45, 2.75) is 13.0 Å². The van der Waals surface area contributed by atoms with E-state index < -0.39 is 17.7 Å². The molecule has 1 N–H and O–H groups in total. The highest BCUT2D eigenvalue weighted by Crippen LogP contribution is 2.43. The third-order valence-corrected chi connectivity index (χ3v) is 6.92. The molecular weight excluding hydrogens is 482 g/mol. The van der Waals surface area contributed by atoms with E-state index >= 15 is 0 Å². The van der Waals surface area contributed by atoms with Crippen molar-refractivity contribution in [3.63, 3.8) is 0 Å². The molecule has 2 aliphatic heterocycles. The summed E-state index contributed by atoms with van der Waals surface area (Å²) in [7, 11) is 5.83. The first-order valence-corrected chi connectivity index (χ1v) is 12.6. The summed E-state index contributed by atoms with van der Waals surface area (Å²) in [6.07, 6.45) is 0. The lowest BCUT2D eigenvalue weighted by molar-refractivity contribution is -0.132. The maximum Gasteiger partial charge on any atom is 0.300 e. The zero-order valence-electron chi connectivity index (χ0n) is 22.0. The summed E-state index contributed by atoms with van der Waals surface area (Å²) in [5, 5.41) is 11.5. The highest BCUT2D eigenvalue weighted by molar-refractivity contribution is 6.51. The van der Waals surface area contributed by atoms with Gasteiger partial charge in [-0.1, -0.05) is 12.1 Å². The Morgan fingerprint density at radius 2 is 1.76 bits per heavy atom. The number of rotatable bonds is 6. The van der Waals surface area contributed by atoms with Gasteiger partial charge in [-0.15, -0.1) is 0 Å². The van der Waals surface area contributed by atoms with Gasteiger partial charge in [0.1, 0.15) is 23.9 Å². The number of hydrogen-bond acceptors (Lipinski definition) is 7. The molecule has 0 radical (unpaired) electrons. The van der Waals surface area contributed by atoms with Crippen molar-refractivity contribution in [2.24, 2.45) is 0 Å². The van der Waals surface area contributed by atoms with E-state index in [0.29, 0.717) is 48.1 Å². The Kier molecular flexibility index (Phi) is 6.72. The van der Waals surface area contributed by atoms with Crippen LogP contribution in [0.25, 0.3) is 5.76 Å². The van der Waals surface area contributed by atoms with E-state index in [4.69, 9.17) is 9.47 Å². The number of fused-ring (bicyclic) bond motifs is 1. The van der Waals surface area contributed by atoms with Crippen LogP contribution in [-0.2, 0) is 9.59 Å². The molecule has 196 valence electrons. The molecule has 0 aromatic heterocycles. The zero-order chi connectivity index (χ0) is 27.0. The van der Waals surface area contributed by atoms with Gasteiger partial charge in [0.05, 0.1) is 30.5 Å². The summed E-state index contributed by atoms with van der Waals surface area (Å²) in [4.78, 5) is 32.4. The number of nitrogens with zero attached hydrogens (tertiary/aromatic N) is 3. The van der Waals surface area contributed by atoms with Crippen LogP contribution >= 0.6 is 0 Å². The molecule has 0 bridgehead atoms. The summed E-state index contributed by atoms with van der Waals surface area (Å²) in [5.41, 5.74) is 3.53. The number of carbonyl (C=O) groups is 2. The highest BCUT2D eigenvalue weighted by Gasteiger charge is 2.47. The predicted octanol–water partition coefficient (Wildman–Crippen LogP) is 4.61. The molecular formula is C30H31N3O5. The van der Waals surface area contributed by atoms with E-state index in [1.807, 2.05) is 62.1 Å². The molecule has 1 atom stereocenters. The molecule has 1 fully saturated rings. The van der Waals surface area contributed by atoms with Crippen molar-refractivity contribution >= 4 is 34.5 Å². The van der Waals surface area contributed by atoms with Crippen molar-refractivity contribution in [1.82, 2.24) is 0 Å². The van der Waals surface area contributed by atoms with Crippen LogP contribution in [0.4, 0.5) is 17.1 Å². The Hall–Kier alpha value is -4.46. The van der Waals surface area contributed by atoms with E-state index in [2.05, 4.69) is 0 Å². The van der Waals surface area contributed by atoms with Crippen molar-refractivity contribution in [3.8, 4) is 11.5 Å². The topological polar surface area (TPSA) is 82.5 Å². The number of likely N-dealkylation sites (N-methyl/N-ethyl adjacent to an activating group) is 1. The van der Waals surface area contributed by atoms with Gasteiger partial charge >= 0.3 is 0 Å². The maximum absolute atomic E-state index is 13.5. The molecule has 0 saturated carbocycles. The summed E-state index contributed by atoms with van der Waals surface area (Å²) >= 11 is 0. The van der Waals surface area contributed by atoms with Crippen LogP contribution < -0.4 is 24.2 Å². The number of ketones is 1. The SMILES string of the molecule is CCOc1ccc(N2C(=O)C(=O)/C(=C(\O)c3ccc4c(c3)N(C)CCO4)C2c2ccc(N(C)C)cc2)cc1. The molecule has 0 spiro atoms. The second kappa shape index (κ2) is 10.1. The van der Waals surface area contributed by atoms with Gasteiger partial charge in [0.15, 0.2) is 0 Å². The van der Waals surface area contributed by atoms with Gasteiger partial charge in [-0.2, -0.15) is 0 Å². The molecule has 1 amide bonds. The molecule has 0 aliphatic carbocycles. The van der Waals surface area contributed by atoms with Crippen molar-refractivity contribution in [3.05, 3.63) is 83.4 Å². The fourth-order valence-corrected chi connectivity index (χ4v) is 4.89. The first-order chi connectivity index (χ1) is 18.3. The van der Waals surface area contributed by atoms with Crippen LogP contribution in [0.5, 0.6) is 11.5 Å². The Bertz CT molecular complexity index is 1400. The normalized spacial score (nSPS) is 18.3.